The van der Waals surface area contributed by atoms with E-state index < -0.39 is 0 Å². The van der Waals surface area contributed by atoms with Gasteiger partial charge in [0.25, 0.3) is 0 Å². The molecule has 5 nitrogen and oxygen atoms in total. The maximum atomic E-state index is 6.14. The molecule has 2 rings (SSSR count). The van der Waals surface area contributed by atoms with Gasteiger partial charge in [-0.1, -0.05) is 11.6 Å². The molecule has 1 aromatic heterocycles. The second-order valence-electron chi connectivity index (χ2n) is 4.66. The fourth-order valence-corrected chi connectivity index (χ4v) is 2.00. The third kappa shape index (κ3) is 4.06. The molecule has 0 aliphatic rings. The van der Waals surface area contributed by atoms with E-state index in [1.807, 2.05) is 32.9 Å². The molecule has 0 saturated heterocycles. The lowest BCUT2D eigenvalue weighted by Gasteiger charge is -2.10. The molecule has 1 aromatic carbocycles. The topological polar surface area (TPSA) is 70.3 Å². The maximum Gasteiger partial charge on any atom is 0.224 e. The van der Waals surface area contributed by atoms with E-state index in [0.29, 0.717) is 36.5 Å². The van der Waals surface area contributed by atoms with Gasteiger partial charge in [0.2, 0.25) is 5.88 Å². The Balaban J connectivity index is 2.24. The fourth-order valence-electron chi connectivity index (χ4n) is 1.89. The molecular formula is C15H18ClN3O2. The van der Waals surface area contributed by atoms with Gasteiger partial charge in [0.1, 0.15) is 18.2 Å². The van der Waals surface area contributed by atoms with E-state index in [1.165, 1.54) is 0 Å². The molecule has 6 heteroatoms. The van der Waals surface area contributed by atoms with Crippen molar-refractivity contribution in [2.45, 2.75) is 27.4 Å². The monoisotopic (exact) mass is 307 g/mol. The summed E-state index contributed by atoms with van der Waals surface area (Å²) in [5.74, 6) is 1.89. The van der Waals surface area contributed by atoms with E-state index in [9.17, 15) is 0 Å². The number of aryl methyl sites for hydroxylation is 2. The first kappa shape index (κ1) is 15.5. The summed E-state index contributed by atoms with van der Waals surface area (Å²) in [7, 11) is 0. The van der Waals surface area contributed by atoms with Gasteiger partial charge in [0.15, 0.2) is 5.82 Å². The highest BCUT2D eigenvalue weighted by molar-refractivity contribution is 6.32. The van der Waals surface area contributed by atoms with Crippen LogP contribution < -0.4 is 10.5 Å². The number of hydrogen-bond acceptors (Lipinski definition) is 5. The quantitative estimate of drug-likeness (QED) is 0.913. The van der Waals surface area contributed by atoms with Gasteiger partial charge in [-0.2, -0.15) is 4.98 Å². The summed E-state index contributed by atoms with van der Waals surface area (Å²) in [6, 6.07) is 5.29. The third-order valence-corrected chi connectivity index (χ3v) is 3.43. The van der Waals surface area contributed by atoms with Crippen LogP contribution in [0.15, 0.2) is 18.2 Å². The molecular weight excluding hydrogens is 290 g/mol. The summed E-state index contributed by atoms with van der Waals surface area (Å²) in [5.41, 5.74) is 7.66. The molecule has 112 valence electrons. The zero-order valence-corrected chi connectivity index (χ0v) is 13.1. The SMILES string of the molecule is CCOCc1nc(N)cc(Oc2cc(C)c(Cl)c(C)c2)n1. The molecule has 0 amide bonds. The Morgan fingerprint density at radius 1 is 1.14 bits per heavy atom. The number of nitrogens with two attached hydrogens (primary N) is 1. The lowest BCUT2D eigenvalue weighted by molar-refractivity contribution is 0.128. The zero-order valence-electron chi connectivity index (χ0n) is 12.3. The molecule has 0 bridgehead atoms. The third-order valence-electron chi connectivity index (χ3n) is 2.84. The Morgan fingerprint density at radius 3 is 2.43 bits per heavy atom. The molecule has 2 aromatic rings. The van der Waals surface area contributed by atoms with Gasteiger partial charge in [0, 0.05) is 17.7 Å². The van der Waals surface area contributed by atoms with E-state index in [0.717, 1.165) is 16.1 Å². The predicted octanol–water partition coefficient (Wildman–Crippen LogP) is 3.66. The number of nitrogen functional groups attached to an aromatic ring is 1. The van der Waals surface area contributed by atoms with Crippen LogP contribution in [0.2, 0.25) is 5.02 Å². The van der Waals surface area contributed by atoms with Crippen LogP contribution in [-0.2, 0) is 11.3 Å². The van der Waals surface area contributed by atoms with Crippen molar-refractivity contribution in [1.82, 2.24) is 9.97 Å². The molecule has 0 aliphatic heterocycles. The van der Waals surface area contributed by atoms with Crippen molar-refractivity contribution in [3.63, 3.8) is 0 Å². The van der Waals surface area contributed by atoms with Crippen molar-refractivity contribution >= 4 is 17.4 Å². The largest absolute Gasteiger partial charge is 0.439 e. The standard InChI is InChI=1S/C15H18ClN3O2/c1-4-20-8-13-18-12(17)7-14(19-13)21-11-5-9(2)15(16)10(3)6-11/h5-7H,4,8H2,1-3H3,(H2,17,18,19). The minimum absolute atomic E-state index is 0.302. The second kappa shape index (κ2) is 6.74. The number of hydrogen-bond donors (Lipinski definition) is 1. The fraction of sp³-hybridized carbons (Fsp3) is 0.333. The molecule has 21 heavy (non-hydrogen) atoms. The zero-order chi connectivity index (χ0) is 15.4. The summed E-state index contributed by atoms with van der Waals surface area (Å²) >= 11 is 6.14. The molecule has 0 unspecified atom stereocenters. The number of anilines is 1. The minimum Gasteiger partial charge on any atom is -0.439 e. The van der Waals surface area contributed by atoms with Crippen LogP contribution in [0.4, 0.5) is 5.82 Å². The number of ether oxygens (including phenoxy) is 2. The first-order valence-electron chi connectivity index (χ1n) is 6.65. The van der Waals surface area contributed by atoms with Crippen LogP contribution in [0, 0.1) is 13.8 Å². The summed E-state index contributed by atoms with van der Waals surface area (Å²) in [4.78, 5) is 8.38. The number of benzene rings is 1. The van der Waals surface area contributed by atoms with Gasteiger partial charge in [-0.25, -0.2) is 4.98 Å². The van der Waals surface area contributed by atoms with Crippen LogP contribution in [0.1, 0.15) is 23.9 Å². The maximum absolute atomic E-state index is 6.14. The summed E-state index contributed by atoms with van der Waals surface area (Å²) in [5, 5.41) is 0.738. The average Bonchev–Trinajstić information content (AvgIpc) is 2.42. The molecule has 2 N–H and O–H groups in total. The summed E-state index contributed by atoms with van der Waals surface area (Å²) in [6.07, 6.45) is 0. The normalized spacial score (nSPS) is 10.7. The van der Waals surface area contributed by atoms with Gasteiger partial charge < -0.3 is 15.2 Å². The lowest BCUT2D eigenvalue weighted by Crippen LogP contribution is -2.03. The van der Waals surface area contributed by atoms with Crippen molar-refractivity contribution in [3.8, 4) is 11.6 Å². The van der Waals surface area contributed by atoms with Crippen molar-refractivity contribution < 1.29 is 9.47 Å². The van der Waals surface area contributed by atoms with Gasteiger partial charge in [-0.3, -0.25) is 0 Å². The molecule has 0 saturated carbocycles. The van der Waals surface area contributed by atoms with Crippen LogP contribution in [0.3, 0.4) is 0 Å². The van der Waals surface area contributed by atoms with Crippen LogP contribution in [0.25, 0.3) is 0 Å². The Bertz CT molecular complexity index is 624. The highest BCUT2D eigenvalue weighted by Gasteiger charge is 2.08. The molecule has 0 spiro atoms. The van der Waals surface area contributed by atoms with E-state index in [4.69, 9.17) is 26.8 Å². The van der Waals surface area contributed by atoms with E-state index in [2.05, 4.69) is 9.97 Å². The minimum atomic E-state index is 0.302. The summed E-state index contributed by atoms with van der Waals surface area (Å²) in [6.45, 7) is 6.65. The highest BCUT2D eigenvalue weighted by atomic mass is 35.5. The second-order valence-corrected chi connectivity index (χ2v) is 5.04. The van der Waals surface area contributed by atoms with Crippen molar-refractivity contribution in [3.05, 3.63) is 40.2 Å². The van der Waals surface area contributed by atoms with Gasteiger partial charge in [0.05, 0.1) is 0 Å². The van der Waals surface area contributed by atoms with Gasteiger partial charge in [-0.05, 0) is 44.0 Å². The van der Waals surface area contributed by atoms with E-state index in [-0.39, 0.29) is 0 Å². The van der Waals surface area contributed by atoms with Crippen LogP contribution in [-0.4, -0.2) is 16.6 Å². The Labute approximate surface area is 129 Å². The molecule has 0 aliphatic carbocycles. The van der Waals surface area contributed by atoms with Crippen molar-refractivity contribution in [2.75, 3.05) is 12.3 Å². The molecule has 1 heterocycles. The number of aromatic nitrogens is 2. The Morgan fingerprint density at radius 2 is 1.81 bits per heavy atom. The smallest absolute Gasteiger partial charge is 0.224 e. The number of halogens is 1. The van der Waals surface area contributed by atoms with Crippen molar-refractivity contribution in [1.29, 1.82) is 0 Å². The van der Waals surface area contributed by atoms with Crippen LogP contribution >= 0.6 is 11.6 Å². The average molecular weight is 308 g/mol. The van der Waals surface area contributed by atoms with E-state index >= 15 is 0 Å². The molecule has 0 fully saturated rings. The number of rotatable bonds is 5. The number of nitrogens with zero attached hydrogens (tertiary/aromatic N) is 2. The molecule has 0 atom stereocenters. The molecule has 0 radical (unpaired) electrons. The highest BCUT2D eigenvalue weighted by Crippen LogP contribution is 2.28. The Hall–Kier alpha value is -1.85. The first-order chi connectivity index (χ1) is 9.99. The first-order valence-corrected chi connectivity index (χ1v) is 7.03. The van der Waals surface area contributed by atoms with E-state index in [1.54, 1.807) is 6.07 Å². The summed E-state index contributed by atoms with van der Waals surface area (Å²) < 4.78 is 11.0. The van der Waals surface area contributed by atoms with Crippen LogP contribution in [0.5, 0.6) is 11.6 Å². The van der Waals surface area contributed by atoms with Gasteiger partial charge >= 0.3 is 0 Å². The van der Waals surface area contributed by atoms with Crippen molar-refractivity contribution in [2.24, 2.45) is 0 Å². The Kier molecular flexibility index (Phi) is 4.98. The van der Waals surface area contributed by atoms with Gasteiger partial charge in [-0.15, -0.1) is 0 Å². The predicted molar refractivity (Wildman–Crippen MR) is 82.8 cm³/mol. The lowest BCUT2D eigenvalue weighted by atomic mass is 10.1.